The first kappa shape index (κ1) is 12.2. The van der Waals surface area contributed by atoms with E-state index in [2.05, 4.69) is 11.3 Å². The molecule has 0 aliphatic carbocycles. The van der Waals surface area contributed by atoms with Crippen molar-refractivity contribution in [3.8, 4) is 0 Å². The first-order chi connectivity index (χ1) is 5.99. The van der Waals surface area contributed by atoms with Crippen molar-refractivity contribution in [1.29, 1.82) is 0 Å². The van der Waals surface area contributed by atoms with Crippen molar-refractivity contribution in [2.24, 2.45) is 0 Å². The van der Waals surface area contributed by atoms with Crippen molar-refractivity contribution in [3.63, 3.8) is 0 Å². The van der Waals surface area contributed by atoms with Gasteiger partial charge in [0.25, 0.3) is 0 Å². The molecule has 0 heterocycles. The van der Waals surface area contributed by atoms with E-state index < -0.39 is 31.5 Å². The van der Waals surface area contributed by atoms with Gasteiger partial charge >= 0.3 is 5.92 Å². The first-order valence-corrected chi connectivity index (χ1v) is 3.39. The predicted molar refractivity (Wildman–Crippen MR) is 36.9 cm³/mol. The number of halogens is 5. The lowest BCUT2D eigenvalue weighted by molar-refractivity contribution is -0.151. The van der Waals surface area contributed by atoms with Crippen LogP contribution in [0.1, 0.15) is 0 Å². The van der Waals surface area contributed by atoms with Crippen LogP contribution in [0.25, 0.3) is 0 Å². The Morgan fingerprint density at radius 2 is 1.92 bits per heavy atom. The van der Waals surface area contributed by atoms with Gasteiger partial charge in [-0.1, -0.05) is 6.58 Å². The standard InChI is InChI=1S/C7H9F5O/c1-2-13-6(5(10)3-8)7(11,12)4-9/h2,5-6H,1,3-4H2. The Morgan fingerprint density at radius 3 is 2.23 bits per heavy atom. The SMILES string of the molecule is C=COC(C(F)CF)C(F)(F)CF. The van der Waals surface area contributed by atoms with Crippen LogP contribution in [0.15, 0.2) is 12.8 Å². The van der Waals surface area contributed by atoms with Crippen LogP contribution in [-0.2, 0) is 4.74 Å². The number of hydrogen-bond acceptors (Lipinski definition) is 1. The molecule has 0 bridgehead atoms. The van der Waals surface area contributed by atoms with Crippen LogP contribution >= 0.6 is 0 Å². The van der Waals surface area contributed by atoms with Gasteiger partial charge in [0, 0.05) is 0 Å². The van der Waals surface area contributed by atoms with Gasteiger partial charge in [-0.2, -0.15) is 8.78 Å². The summed E-state index contributed by atoms with van der Waals surface area (Å²) in [6.45, 7) is -0.866. The minimum atomic E-state index is -4.04. The molecule has 1 nitrogen and oxygen atoms in total. The van der Waals surface area contributed by atoms with E-state index in [1.165, 1.54) is 0 Å². The van der Waals surface area contributed by atoms with Gasteiger partial charge in [0.2, 0.25) is 0 Å². The van der Waals surface area contributed by atoms with Crippen molar-refractivity contribution in [3.05, 3.63) is 12.8 Å². The summed E-state index contributed by atoms with van der Waals surface area (Å²) in [5.74, 6) is -4.04. The van der Waals surface area contributed by atoms with Crippen LogP contribution in [0, 0.1) is 0 Å². The molecule has 0 aliphatic heterocycles. The van der Waals surface area contributed by atoms with Crippen molar-refractivity contribution < 1.29 is 26.7 Å². The molecule has 78 valence electrons. The Morgan fingerprint density at radius 1 is 1.38 bits per heavy atom. The van der Waals surface area contributed by atoms with Gasteiger partial charge in [0.1, 0.15) is 6.67 Å². The highest BCUT2D eigenvalue weighted by molar-refractivity contribution is 4.85. The van der Waals surface area contributed by atoms with E-state index >= 15 is 0 Å². The Balaban J connectivity index is 4.48. The molecule has 0 spiro atoms. The van der Waals surface area contributed by atoms with Crippen molar-refractivity contribution in [1.82, 2.24) is 0 Å². The molecule has 2 atom stereocenters. The molecule has 0 N–H and O–H groups in total. The molecule has 0 amide bonds. The Labute approximate surface area is 72.2 Å². The molecule has 0 fully saturated rings. The average Bonchev–Trinajstić information content (AvgIpc) is 2.12. The molecule has 0 saturated carbocycles. The second kappa shape index (κ2) is 5.04. The summed E-state index contributed by atoms with van der Waals surface area (Å²) in [6, 6.07) is 0. The Kier molecular flexibility index (Phi) is 4.72. The van der Waals surface area contributed by atoms with Gasteiger partial charge in [-0.15, -0.1) is 0 Å². The van der Waals surface area contributed by atoms with E-state index in [1.807, 2.05) is 0 Å². The molecule has 0 aliphatic rings. The van der Waals surface area contributed by atoms with E-state index in [-0.39, 0.29) is 0 Å². The van der Waals surface area contributed by atoms with Crippen molar-refractivity contribution in [2.45, 2.75) is 18.2 Å². The molecule has 0 rings (SSSR count). The van der Waals surface area contributed by atoms with Crippen LogP contribution in [0.3, 0.4) is 0 Å². The summed E-state index contributed by atoms with van der Waals surface area (Å²) >= 11 is 0. The summed E-state index contributed by atoms with van der Waals surface area (Å²) < 4.78 is 64.8. The van der Waals surface area contributed by atoms with Gasteiger partial charge in [0.05, 0.1) is 6.26 Å². The second-order valence-electron chi connectivity index (χ2n) is 2.29. The van der Waals surface area contributed by atoms with Gasteiger partial charge < -0.3 is 4.74 Å². The predicted octanol–water partition coefficient (Wildman–Crippen LogP) is 2.43. The smallest absolute Gasteiger partial charge is 0.314 e. The summed E-state index contributed by atoms with van der Waals surface area (Å²) in [5.41, 5.74) is 0. The molecular weight excluding hydrogens is 195 g/mol. The Bertz CT molecular complexity index is 161. The van der Waals surface area contributed by atoms with E-state index in [1.54, 1.807) is 0 Å². The Hall–Kier alpha value is -0.810. The topological polar surface area (TPSA) is 9.23 Å². The average molecular weight is 204 g/mol. The third-order valence-corrected chi connectivity index (χ3v) is 1.31. The highest BCUT2D eigenvalue weighted by Gasteiger charge is 2.46. The zero-order chi connectivity index (χ0) is 10.5. The highest BCUT2D eigenvalue weighted by Crippen LogP contribution is 2.26. The quantitative estimate of drug-likeness (QED) is 0.477. The van der Waals surface area contributed by atoms with Gasteiger partial charge in [-0.05, 0) is 0 Å². The van der Waals surface area contributed by atoms with Crippen molar-refractivity contribution in [2.75, 3.05) is 13.3 Å². The molecule has 0 radical (unpaired) electrons. The zero-order valence-corrected chi connectivity index (χ0v) is 6.65. The lowest BCUT2D eigenvalue weighted by Gasteiger charge is -2.25. The summed E-state index contributed by atoms with van der Waals surface area (Å²) in [5, 5.41) is 0. The van der Waals surface area contributed by atoms with E-state index in [0.717, 1.165) is 0 Å². The maximum Gasteiger partial charge on any atom is 0.314 e. The van der Waals surface area contributed by atoms with E-state index in [9.17, 15) is 22.0 Å². The van der Waals surface area contributed by atoms with E-state index in [0.29, 0.717) is 6.26 Å². The fraction of sp³-hybridized carbons (Fsp3) is 0.714. The number of ether oxygens (including phenoxy) is 1. The van der Waals surface area contributed by atoms with Crippen LogP contribution in [-0.4, -0.2) is 31.5 Å². The molecule has 0 aromatic carbocycles. The fourth-order valence-corrected chi connectivity index (χ4v) is 0.710. The minimum absolute atomic E-state index is 0.524. The van der Waals surface area contributed by atoms with Gasteiger partial charge in [-0.3, -0.25) is 0 Å². The maximum absolute atomic E-state index is 12.5. The lowest BCUT2D eigenvalue weighted by atomic mass is 10.1. The molecule has 2 unspecified atom stereocenters. The molecule has 0 saturated heterocycles. The largest absolute Gasteiger partial charge is 0.489 e. The monoisotopic (exact) mass is 204 g/mol. The molecule has 0 aromatic rings. The highest BCUT2D eigenvalue weighted by atomic mass is 19.3. The third-order valence-electron chi connectivity index (χ3n) is 1.31. The zero-order valence-electron chi connectivity index (χ0n) is 6.65. The van der Waals surface area contributed by atoms with Crippen molar-refractivity contribution >= 4 is 0 Å². The summed E-state index contributed by atoms with van der Waals surface area (Å²) in [7, 11) is 0. The first-order valence-electron chi connectivity index (χ1n) is 3.39. The van der Waals surface area contributed by atoms with Crippen LogP contribution in [0.5, 0.6) is 0 Å². The minimum Gasteiger partial charge on any atom is -0.489 e. The lowest BCUT2D eigenvalue weighted by Crippen LogP contribution is -2.44. The van der Waals surface area contributed by atoms with Crippen LogP contribution < -0.4 is 0 Å². The van der Waals surface area contributed by atoms with Gasteiger partial charge in [0.15, 0.2) is 19.0 Å². The molecule has 0 aromatic heterocycles. The van der Waals surface area contributed by atoms with Crippen LogP contribution in [0.2, 0.25) is 0 Å². The summed E-state index contributed by atoms with van der Waals surface area (Å²) in [4.78, 5) is 0. The number of alkyl halides is 5. The number of rotatable bonds is 6. The molecular formula is C7H9F5O. The third kappa shape index (κ3) is 3.20. The molecule has 6 heteroatoms. The van der Waals surface area contributed by atoms with Crippen LogP contribution in [0.4, 0.5) is 22.0 Å². The maximum atomic E-state index is 12.5. The van der Waals surface area contributed by atoms with E-state index in [4.69, 9.17) is 0 Å². The summed E-state index contributed by atoms with van der Waals surface area (Å²) in [6.07, 6.45) is -4.50. The number of hydrogen-bond donors (Lipinski definition) is 0. The normalized spacial score (nSPS) is 16.4. The fourth-order valence-electron chi connectivity index (χ4n) is 0.710. The second-order valence-corrected chi connectivity index (χ2v) is 2.29. The molecule has 13 heavy (non-hydrogen) atoms. The van der Waals surface area contributed by atoms with Gasteiger partial charge in [-0.25, -0.2) is 13.2 Å².